The topological polar surface area (TPSA) is 71.7 Å². The summed E-state index contributed by atoms with van der Waals surface area (Å²) >= 11 is 0. The van der Waals surface area contributed by atoms with Crippen molar-refractivity contribution >= 4 is 5.91 Å². The van der Waals surface area contributed by atoms with E-state index in [-0.39, 0.29) is 11.9 Å². The average Bonchev–Trinajstić information content (AvgIpc) is 3.08. The Morgan fingerprint density at radius 3 is 2.96 bits per heavy atom. The van der Waals surface area contributed by atoms with Gasteiger partial charge >= 0.3 is 0 Å². The van der Waals surface area contributed by atoms with Gasteiger partial charge in [-0.15, -0.1) is 0 Å². The molecule has 2 aromatic rings. The first-order valence-electron chi connectivity index (χ1n) is 7.86. The number of aliphatic hydroxyl groups excluding tert-OH is 1. The number of rotatable bonds is 5. The van der Waals surface area contributed by atoms with Crippen molar-refractivity contribution in [1.29, 1.82) is 0 Å². The molecule has 1 aliphatic rings. The number of carbonyl (C=O) groups excluding carboxylic acids is 1. The lowest BCUT2D eigenvalue weighted by molar-refractivity contribution is -0.135. The van der Waals surface area contributed by atoms with Gasteiger partial charge in [-0.25, -0.2) is 0 Å². The second kappa shape index (κ2) is 6.98. The minimum atomic E-state index is -0.736. The number of amides is 1. The molecule has 3 atom stereocenters. The Hall–Kier alpha value is -2.11. The van der Waals surface area contributed by atoms with Gasteiger partial charge in [0.25, 0.3) is 5.91 Å². The third-order valence-corrected chi connectivity index (χ3v) is 4.07. The average molecular weight is 315 g/mol. The summed E-state index contributed by atoms with van der Waals surface area (Å²) < 4.78 is 10.8. The van der Waals surface area contributed by atoms with Gasteiger partial charge in [0.15, 0.2) is 6.10 Å². The van der Waals surface area contributed by atoms with Crippen LogP contribution in [0.1, 0.15) is 42.4 Å². The number of aliphatic hydroxyl groups is 1. The van der Waals surface area contributed by atoms with E-state index in [1.54, 1.807) is 12.1 Å². The number of fused-ring (bicyclic) bond motifs is 1. The number of carbonyl (C=O) groups is 1. The smallest absolute Gasteiger partial charge is 0.253 e. The first-order valence-corrected chi connectivity index (χ1v) is 7.86. The van der Waals surface area contributed by atoms with Gasteiger partial charge in [-0.2, -0.15) is 0 Å². The van der Waals surface area contributed by atoms with Crippen LogP contribution < -0.4 is 5.32 Å². The molecule has 0 unspecified atom stereocenters. The van der Waals surface area contributed by atoms with E-state index in [4.69, 9.17) is 9.15 Å². The number of hydrogen-bond acceptors (Lipinski definition) is 4. The van der Waals surface area contributed by atoms with Crippen LogP contribution in [-0.4, -0.2) is 23.7 Å². The van der Waals surface area contributed by atoms with Gasteiger partial charge in [-0.05, 0) is 36.6 Å². The van der Waals surface area contributed by atoms with E-state index in [2.05, 4.69) is 5.32 Å². The van der Waals surface area contributed by atoms with Crippen molar-refractivity contribution in [2.75, 3.05) is 6.61 Å². The first-order chi connectivity index (χ1) is 11.1. The van der Waals surface area contributed by atoms with Crippen molar-refractivity contribution in [2.45, 2.75) is 38.0 Å². The Bertz CT molecular complexity index is 653. The molecule has 1 aromatic heterocycles. The highest BCUT2D eigenvalue weighted by Gasteiger charge is 2.28. The van der Waals surface area contributed by atoms with Crippen molar-refractivity contribution in [1.82, 2.24) is 5.32 Å². The molecule has 0 fully saturated rings. The van der Waals surface area contributed by atoms with Crippen molar-refractivity contribution in [3.63, 3.8) is 0 Å². The highest BCUT2D eigenvalue weighted by molar-refractivity contribution is 5.83. The fraction of sp³-hybridized carbons (Fsp3) is 0.389. The van der Waals surface area contributed by atoms with Gasteiger partial charge in [-0.3, -0.25) is 4.79 Å². The van der Waals surface area contributed by atoms with Crippen LogP contribution in [0.3, 0.4) is 0 Å². The molecule has 3 rings (SSSR count). The molecule has 1 aromatic carbocycles. The molecular formula is C18H21NO4. The fourth-order valence-corrected chi connectivity index (χ4v) is 2.92. The Morgan fingerprint density at radius 1 is 1.35 bits per heavy atom. The maximum atomic E-state index is 12.5. The second-order valence-corrected chi connectivity index (χ2v) is 5.88. The highest BCUT2D eigenvalue weighted by atomic mass is 16.5. The van der Waals surface area contributed by atoms with Crippen molar-refractivity contribution in [2.24, 2.45) is 0 Å². The number of ether oxygens (including phenoxy) is 1. The van der Waals surface area contributed by atoms with Crippen LogP contribution >= 0.6 is 0 Å². The lowest BCUT2D eigenvalue weighted by Crippen LogP contribution is -2.39. The van der Waals surface area contributed by atoms with Gasteiger partial charge in [0.05, 0.1) is 12.9 Å². The quantitative estimate of drug-likeness (QED) is 0.889. The summed E-state index contributed by atoms with van der Waals surface area (Å²) in [6.45, 7) is 2.40. The summed E-state index contributed by atoms with van der Waals surface area (Å²) in [5.74, 6) is 0.335. The molecule has 1 amide bonds. The Balaban J connectivity index is 1.61. The number of hydrogen-bond donors (Lipinski definition) is 2. The van der Waals surface area contributed by atoms with E-state index in [1.165, 1.54) is 6.26 Å². The molecule has 0 radical (unpaired) electrons. The lowest BCUT2D eigenvalue weighted by atomic mass is 9.97. The van der Waals surface area contributed by atoms with Crippen LogP contribution in [0.2, 0.25) is 0 Å². The van der Waals surface area contributed by atoms with Gasteiger partial charge in [0, 0.05) is 12.5 Å². The summed E-state index contributed by atoms with van der Waals surface area (Å²) in [5, 5.41) is 13.0. The Labute approximate surface area is 135 Å². The molecule has 5 heteroatoms. The maximum absolute atomic E-state index is 12.5. The zero-order chi connectivity index (χ0) is 16.2. The van der Waals surface area contributed by atoms with Crippen molar-refractivity contribution in [3.8, 4) is 0 Å². The molecule has 0 aliphatic carbocycles. The van der Waals surface area contributed by atoms with Crippen LogP contribution in [0.15, 0.2) is 47.1 Å². The van der Waals surface area contributed by atoms with Crippen LogP contribution in [0.25, 0.3) is 0 Å². The van der Waals surface area contributed by atoms with E-state index in [1.807, 2.05) is 31.2 Å². The summed E-state index contributed by atoms with van der Waals surface area (Å²) in [6, 6.07) is 11.1. The second-order valence-electron chi connectivity index (χ2n) is 5.88. The summed E-state index contributed by atoms with van der Waals surface area (Å²) in [7, 11) is 0. The maximum Gasteiger partial charge on any atom is 0.253 e. The zero-order valence-electron chi connectivity index (χ0n) is 13.1. The van der Waals surface area contributed by atoms with Gasteiger partial charge in [-0.1, -0.05) is 24.3 Å². The molecule has 0 saturated carbocycles. The van der Waals surface area contributed by atoms with E-state index < -0.39 is 12.2 Å². The third kappa shape index (κ3) is 3.63. The standard InChI is InChI=1S/C18H21NO4/c1-12(11-15(20)16-7-4-9-22-16)19-18(21)17-14-6-3-2-5-13(14)8-10-23-17/h2-7,9,12,15,17,20H,8,10-11H2,1H3,(H,19,21)/t12-,15-,17-/m1/s1. The van der Waals surface area contributed by atoms with E-state index in [0.717, 1.165) is 17.5 Å². The van der Waals surface area contributed by atoms with Gasteiger partial charge < -0.3 is 19.6 Å². The van der Waals surface area contributed by atoms with Crippen LogP contribution in [0.4, 0.5) is 0 Å². The number of furan rings is 1. The van der Waals surface area contributed by atoms with E-state index in [9.17, 15) is 9.90 Å². The molecule has 2 N–H and O–H groups in total. The first kappa shape index (κ1) is 15.8. The minimum absolute atomic E-state index is 0.170. The largest absolute Gasteiger partial charge is 0.467 e. The zero-order valence-corrected chi connectivity index (χ0v) is 13.1. The predicted molar refractivity (Wildman–Crippen MR) is 84.7 cm³/mol. The van der Waals surface area contributed by atoms with Crippen LogP contribution in [0, 0.1) is 0 Å². The van der Waals surface area contributed by atoms with E-state index in [0.29, 0.717) is 18.8 Å². The fourth-order valence-electron chi connectivity index (χ4n) is 2.92. The Kier molecular flexibility index (Phi) is 4.79. The Morgan fingerprint density at radius 2 is 2.17 bits per heavy atom. The molecule has 0 saturated heterocycles. The number of nitrogens with one attached hydrogen (secondary N) is 1. The summed E-state index contributed by atoms with van der Waals surface area (Å²) in [5.41, 5.74) is 2.08. The molecule has 122 valence electrons. The lowest BCUT2D eigenvalue weighted by Gasteiger charge is -2.27. The molecule has 0 bridgehead atoms. The minimum Gasteiger partial charge on any atom is -0.467 e. The summed E-state index contributed by atoms with van der Waals surface area (Å²) in [4.78, 5) is 12.5. The van der Waals surface area contributed by atoms with Crippen LogP contribution in [-0.2, 0) is 16.0 Å². The SMILES string of the molecule is C[C@H](C[C@@H](O)c1ccco1)NC(=O)[C@@H]1OCCc2ccccc21. The molecule has 2 heterocycles. The monoisotopic (exact) mass is 315 g/mol. The van der Waals surface area contributed by atoms with Crippen molar-refractivity contribution < 1.29 is 19.1 Å². The predicted octanol–water partition coefficient (Wildman–Crippen LogP) is 2.52. The van der Waals surface area contributed by atoms with Crippen molar-refractivity contribution in [3.05, 3.63) is 59.5 Å². The normalized spacial score (nSPS) is 19.7. The van der Waals surface area contributed by atoms with Gasteiger partial charge in [0.1, 0.15) is 11.9 Å². The third-order valence-electron chi connectivity index (χ3n) is 4.07. The summed E-state index contributed by atoms with van der Waals surface area (Å²) in [6.07, 6.45) is 1.41. The van der Waals surface area contributed by atoms with E-state index >= 15 is 0 Å². The molecule has 0 spiro atoms. The molecule has 1 aliphatic heterocycles. The number of benzene rings is 1. The molecule has 23 heavy (non-hydrogen) atoms. The molecule has 5 nitrogen and oxygen atoms in total. The highest BCUT2D eigenvalue weighted by Crippen LogP contribution is 2.27. The van der Waals surface area contributed by atoms with Gasteiger partial charge in [0.2, 0.25) is 0 Å². The van der Waals surface area contributed by atoms with Crippen LogP contribution in [0.5, 0.6) is 0 Å². The molecular weight excluding hydrogens is 294 g/mol.